The maximum absolute atomic E-state index is 12.3. The van der Waals surface area contributed by atoms with Crippen molar-refractivity contribution in [3.8, 4) is 0 Å². The molecule has 2 heterocycles. The van der Waals surface area contributed by atoms with Crippen molar-refractivity contribution < 1.29 is 63.9 Å². The summed E-state index contributed by atoms with van der Waals surface area (Å²) in [5, 5.41) is 60.5. The van der Waals surface area contributed by atoms with Gasteiger partial charge in [0.05, 0.1) is 12.2 Å². The lowest BCUT2D eigenvalue weighted by molar-refractivity contribution is -0.355. The van der Waals surface area contributed by atoms with Crippen LogP contribution in [0, 0.1) is 0 Å². The van der Waals surface area contributed by atoms with Gasteiger partial charge in [-0.05, 0) is 12.1 Å². The molecule has 0 saturated carbocycles. The third-order valence-corrected chi connectivity index (χ3v) is 5.46. The summed E-state index contributed by atoms with van der Waals surface area (Å²) in [5.41, 5.74) is 0.234. The number of carbonyl (C=O) groups is 2. The second-order valence-corrected chi connectivity index (χ2v) is 7.89. The van der Waals surface area contributed by atoms with Crippen LogP contribution < -0.4 is 0 Å². The van der Waals surface area contributed by atoms with Gasteiger partial charge in [-0.15, -0.1) is 0 Å². The molecule has 6 N–H and O–H groups in total. The van der Waals surface area contributed by atoms with Crippen molar-refractivity contribution in [1.29, 1.82) is 0 Å². The highest BCUT2D eigenvalue weighted by molar-refractivity contribution is 5.89. The van der Waals surface area contributed by atoms with E-state index in [1.807, 2.05) is 0 Å². The predicted molar refractivity (Wildman–Crippen MR) is 108 cm³/mol. The van der Waals surface area contributed by atoms with Gasteiger partial charge >= 0.3 is 11.9 Å². The lowest BCUT2D eigenvalue weighted by Crippen LogP contribution is -2.65. The molecule has 10 atom stereocenters. The molecule has 2 aliphatic heterocycles. The molecule has 1 aromatic rings. The van der Waals surface area contributed by atoms with Gasteiger partial charge in [-0.3, -0.25) is 4.79 Å². The van der Waals surface area contributed by atoms with Crippen LogP contribution in [0.1, 0.15) is 17.3 Å². The zero-order valence-corrected chi connectivity index (χ0v) is 18.1. The van der Waals surface area contributed by atoms with Gasteiger partial charge < -0.3 is 54.3 Å². The minimum absolute atomic E-state index is 0.234. The number of ether oxygens (including phenoxy) is 5. The van der Waals surface area contributed by atoms with Gasteiger partial charge in [0.1, 0.15) is 49.3 Å². The summed E-state index contributed by atoms with van der Waals surface area (Å²) >= 11 is 0. The van der Waals surface area contributed by atoms with E-state index in [4.69, 9.17) is 23.7 Å². The van der Waals surface area contributed by atoms with Crippen LogP contribution in [0.15, 0.2) is 30.3 Å². The fraction of sp³-hybridized carbons (Fsp3) is 0.619. The molecule has 13 heteroatoms. The van der Waals surface area contributed by atoms with Crippen molar-refractivity contribution in [3.63, 3.8) is 0 Å². The normalized spacial score (nSPS) is 38.2. The summed E-state index contributed by atoms with van der Waals surface area (Å²) in [6, 6.07) is 7.98. The maximum Gasteiger partial charge on any atom is 0.338 e. The molecule has 2 fully saturated rings. The first-order valence-electron chi connectivity index (χ1n) is 10.5. The van der Waals surface area contributed by atoms with Gasteiger partial charge in [-0.25, -0.2) is 4.79 Å². The predicted octanol–water partition coefficient (Wildman–Crippen LogP) is -2.96. The van der Waals surface area contributed by atoms with E-state index in [0.29, 0.717) is 0 Å². The third-order valence-electron chi connectivity index (χ3n) is 5.46. The average molecular weight is 488 g/mol. The number of hydrogen-bond donors (Lipinski definition) is 6. The molecule has 34 heavy (non-hydrogen) atoms. The van der Waals surface area contributed by atoms with Crippen LogP contribution in [0.2, 0.25) is 0 Å². The van der Waals surface area contributed by atoms with Gasteiger partial charge in [-0.1, -0.05) is 18.2 Å². The van der Waals surface area contributed by atoms with Gasteiger partial charge in [0.25, 0.3) is 0 Å². The molecule has 0 aromatic heterocycles. The number of carbonyl (C=O) groups excluding carboxylic acids is 2. The van der Waals surface area contributed by atoms with Crippen LogP contribution in [0.4, 0.5) is 0 Å². The zero-order chi connectivity index (χ0) is 25.0. The lowest BCUT2D eigenvalue weighted by atomic mass is 9.97. The Morgan fingerprint density at radius 1 is 0.882 bits per heavy atom. The molecule has 0 radical (unpaired) electrons. The Hall–Kier alpha value is -2.20. The molecule has 0 spiro atoms. The van der Waals surface area contributed by atoms with E-state index in [1.165, 1.54) is 12.1 Å². The minimum atomic E-state index is -1.80. The summed E-state index contributed by atoms with van der Waals surface area (Å²) < 4.78 is 26.2. The standard InChI is InChI=1S/C21H28O13/c1-9(23)31-18-13(24)12(8-30-19(28)10-5-3-2-4-6-10)33-21(16(18)27)34-17-11(7-22)32-20(29)15(26)14(17)25/h2-6,11-18,20-22,24-27,29H,7-8H2,1H3/t11-,12-,13+,14-,15-,16-,17-,18+,20?,21+/m1/s1. The van der Waals surface area contributed by atoms with Crippen LogP contribution in [0.3, 0.4) is 0 Å². The third kappa shape index (κ3) is 5.89. The second-order valence-electron chi connectivity index (χ2n) is 7.89. The van der Waals surface area contributed by atoms with E-state index < -0.39 is 86.6 Å². The monoisotopic (exact) mass is 488 g/mol. The molecular weight excluding hydrogens is 460 g/mol. The molecular formula is C21H28O13. The van der Waals surface area contributed by atoms with Crippen LogP contribution in [0.5, 0.6) is 0 Å². The van der Waals surface area contributed by atoms with Crippen molar-refractivity contribution in [2.24, 2.45) is 0 Å². The number of hydrogen-bond acceptors (Lipinski definition) is 13. The summed E-state index contributed by atoms with van der Waals surface area (Å²) in [6.45, 7) is -0.205. The highest BCUT2D eigenvalue weighted by atomic mass is 16.7. The van der Waals surface area contributed by atoms with Crippen molar-refractivity contribution >= 4 is 11.9 Å². The van der Waals surface area contributed by atoms with Crippen LogP contribution >= 0.6 is 0 Å². The van der Waals surface area contributed by atoms with E-state index >= 15 is 0 Å². The number of aliphatic hydroxyl groups excluding tert-OH is 6. The number of rotatable bonds is 7. The topological polar surface area (TPSA) is 202 Å². The number of esters is 2. The highest BCUT2D eigenvalue weighted by Crippen LogP contribution is 2.30. The van der Waals surface area contributed by atoms with Crippen molar-refractivity contribution in [2.45, 2.75) is 68.3 Å². The molecule has 13 nitrogen and oxygen atoms in total. The minimum Gasteiger partial charge on any atom is -0.459 e. The Morgan fingerprint density at radius 2 is 1.56 bits per heavy atom. The Kier molecular flexibility index (Phi) is 8.92. The molecule has 0 amide bonds. The molecule has 2 saturated heterocycles. The smallest absolute Gasteiger partial charge is 0.338 e. The quantitative estimate of drug-likeness (QED) is 0.213. The largest absolute Gasteiger partial charge is 0.459 e. The molecule has 1 unspecified atom stereocenters. The Labute approximate surface area is 194 Å². The van der Waals surface area contributed by atoms with E-state index in [2.05, 4.69) is 0 Å². The summed E-state index contributed by atoms with van der Waals surface area (Å²) in [6.07, 6.45) is -16.2. The fourth-order valence-corrected chi connectivity index (χ4v) is 3.69. The van der Waals surface area contributed by atoms with E-state index in [0.717, 1.165) is 6.92 Å². The molecule has 190 valence electrons. The van der Waals surface area contributed by atoms with Crippen molar-refractivity contribution in [3.05, 3.63) is 35.9 Å². The summed E-state index contributed by atoms with van der Waals surface area (Å²) in [5.74, 6) is -1.56. The maximum atomic E-state index is 12.3. The van der Waals surface area contributed by atoms with Gasteiger partial charge in [0, 0.05) is 6.92 Å². The van der Waals surface area contributed by atoms with Crippen LogP contribution in [0.25, 0.3) is 0 Å². The Morgan fingerprint density at radius 3 is 2.18 bits per heavy atom. The molecule has 1 aromatic carbocycles. The Bertz CT molecular complexity index is 818. The lowest BCUT2D eigenvalue weighted by Gasteiger charge is -2.45. The summed E-state index contributed by atoms with van der Waals surface area (Å²) in [7, 11) is 0. The first-order chi connectivity index (χ1) is 16.1. The molecule has 2 aliphatic rings. The molecule has 3 rings (SSSR count). The van der Waals surface area contributed by atoms with E-state index in [-0.39, 0.29) is 5.56 Å². The van der Waals surface area contributed by atoms with Crippen LogP contribution in [-0.2, 0) is 28.5 Å². The van der Waals surface area contributed by atoms with E-state index in [1.54, 1.807) is 18.2 Å². The van der Waals surface area contributed by atoms with Crippen molar-refractivity contribution in [2.75, 3.05) is 13.2 Å². The van der Waals surface area contributed by atoms with Gasteiger partial charge in [-0.2, -0.15) is 0 Å². The molecule has 0 aliphatic carbocycles. The fourth-order valence-electron chi connectivity index (χ4n) is 3.69. The highest BCUT2D eigenvalue weighted by Gasteiger charge is 2.51. The SMILES string of the molecule is CC(=O)O[C@H]1[C@@H](O)[C@@H](COC(=O)c2ccccc2)O[C@@H](O[C@H]2[C@H](O)[C@@H](O)C(O)O[C@@H]2CO)[C@@H]1O. The van der Waals surface area contributed by atoms with Gasteiger partial charge in [0.2, 0.25) is 0 Å². The number of aliphatic hydroxyl groups is 6. The Balaban J connectivity index is 1.76. The first-order valence-corrected chi connectivity index (χ1v) is 10.5. The van der Waals surface area contributed by atoms with E-state index in [9.17, 15) is 40.2 Å². The van der Waals surface area contributed by atoms with Crippen LogP contribution in [-0.4, -0.2) is 117 Å². The summed E-state index contributed by atoms with van der Waals surface area (Å²) in [4.78, 5) is 23.8. The average Bonchev–Trinajstić information content (AvgIpc) is 2.82. The first kappa shape index (κ1) is 26.4. The van der Waals surface area contributed by atoms with Crippen molar-refractivity contribution in [1.82, 2.24) is 0 Å². The molecule has 0 bridgehead atoms. The van der Waals surface area contributed by atoms with Gasteiger partial charge in [0.15, 0.2) is 18.7 Å². The zero-order valence-electron chi connectivity index (χ0n) is 18.1. The second kappa shape index (κ2) is 11.5. The number of benzene rings is 1.